The molecule has 0 aromatic carbocycles. The van der Waals surface area contributed by atoms with Gasteiger partial charge in [0.15, 0.2) is 0 Å². The van der Waals surface area contributed by atoms with Crippen molar-refractivity contribution < 1.29 is 9.90 Å². The highest BCUT2D eigenvalue weighted by molar-refractivity contribution is 7.99. The molecule has 100 valence electrons. The third-order valence-corrected chi connectivity index (χ3v) is 3.66. The summed E-state index contributed by atoms with van der Waals surface area (Å²) in [5.41, 5.74) is 0. The molecule has 0 spiro atoms. The summed E-state index contributed by atoms with van der Waals surface area (Å²) in [6.45, 7) is 3.86. The third kappa shape index (κ3) is 5.25. The zero-order valence-corrected chi connectivity index (χ0v) is 12.0. The Morgan fingerprint density at radius 1 is 1.61 bits per heavy atom. The van der Waals surface area contributed by atoms with Gasteiger partial charge in [0.1, 0.15) is 11.1 Å². The molecule has 4 nitrogen and oxygen atoms in total. The lowest BCUT2D eigenvalue weighted by molar-refractivity contribution is -0.139. The van der Waals surface area contributed by atoms with Crippen LogP contribution in [0.3, 0.4) is 0 Å². The van der Waals surface area contributed by atoms with Gasteiger partial charge in [0.25, 0.3) is 0 Å². The number of aliphatic carboxylic acids is 1. The fraction of sp³-hybridized carbons (Fsp3) is 0.500. The van der Waals surface area contributed by atoms with Gasteiger partial charge in [-0.3, -0.25) is 4.79 Å². The monoisotopic (exact) mass is 288 g/mol. The Bertz CT molecular complexity index is 401. The van der Waals surface area contributed by atoms with Crippen molar-refractivity contribution in [3.05, 3.63) is 23.4 Å². The van der Waals surface area contributed by atoms with E-state index in [1.165, 1.54) is 11.8 Å². The van der Waals surface area contributed by atoms with Crippen molar-refractivity contribution in [1.82, 2.24) is 10.3 Å². The lowest BCUT2D eigenvalue weighted by Gasteiger charge is -2.16. The zero-order chi connectivity index (χ0) is 13.5. The molecule has 0 saturated carbocycles. The average Bonchev–Trinajstić information content (AvgIpc) is 2.29. The molecular weight excluding hydrogens is 272 g/mol. The first kappa shape index (κ1) is 15.3. The Hall–Kier alpha value is -0.780. The van der Waals surface area contributed by atoms with E-state index >= 15 is 0 Å². The summed E-state index contributed by atoms with van der Waals surface area (Å²) in [5.74, 6) is -0.163. The summed E-state index contributed by atoms with van der Waals surface area (Å²) < 4.78 is 0. The largest absolute Gasteiger partial charge is 0.480 e. The highest BCUT2D eigenvalue weighted by atomic mass is 35.5. The predicted molar refractivity (Wildman–Crippen MR) is 74.3 cm³/mol. The second kappa shape index (κ2) is 7.61. The Kier molecular flexibility index (Phi) is 6.46. The number of carboxylic acid groups (broad SMARTS) is 1. The lowest BCUT2D eigenvalue weighted by atomic mass is 10.2. The molecule has 6 heteroatoms. The Morgan fingerprint density at radius 2 is 2.33 bits per heavy atom. The van der Waals surface area contributed by atoms with E-state index in [0.717, 1.165) is 5.03 Å². The number of carboxylic acids is 1. The number of thioether (sulfide) groups is 1. The molecule has 0 aliphatic rings. The molecule has 1 heterocycles. The molecule has 18 heavy (non-hydrogen) atoms. The predicted octanol–water partition coefficient (Wildman–Crippen LogP) is 2.67. The van der Waals surface area contributed by atoms with Crippen molar-refractivity contribution in [3.63, 3.8) is 0 Å². The van der Waals surface area contributed by atoms with Crippen LogP contribution in [-0.4, -0.2) is 33.9 Å². The molecule has 0 saturated heterocycles. The number of hydrogen-bond acceptors (Lipinski definition) is 4. The molecule has 1 rings (SSSR count). The van der Waals surface area contributed by atoms with Gasteiger partial charge in [0.2, 0.25) is 0 Å². The van der Waals surface area contributed by atoms with Gasteiger partial charge < -0.3 is 10.4 Å². The Morgan fingerprint density at radius 3 is 2.89 bits per heavy atom. The normalized spacial score (nSPS) is 12.7. The molecule has 0 fully saturated rings. The van der Waals surface area contributed by atoms with Gasteiger partial charge in [-0.25, -0.2) is 4.98 Å². The van der Waals surface area contributed by atoms with E-state index in [1.807, 2.05) is 13.8 Å². The lowest BCUT2D eigenvalue weighted by Crippen LogP contribution is -2.41. The van der Waals surface area contributed by atoms with Crippen molar-refractivity contribution in [2.24, 2.45) is 0 Å². The SMILES string of the molecule is CC(C)NC(CCSc1ncccc1Cl)C(=O)O. The van der Waals surface area contributed by atoms with Crippen LogP contribution in [0, 0.1) is 0 Å². The quantitative estimate of drug-likeness (QED) is 0.755. The molecule has 1 unspecified atom stereocenters. The van der Waals surface area contributed by atoms with Crippen LogP contribution in [0.5, 0.6) is 0 Å². The molecule has 0 bridgehead atoms. The summed E-state index contributed by atoms with van der Waals surface area (Å²) in [7, 11) is 0. The topological polar surface area (TPSA) is 62.2 Å². The second-order valence-electron chi connectivity index (χ2n) is 4.14. The van der Waals surface area contributed by atoms with Gasteiger partial charge in [-0.1, -0.05) is 25.4 Å². The van der Waals surface area contributed by atoms with Crippen LogP contribution in [0.4, 0.5) is 0 Å². The molecule has 1 aromatic rings. The van der Waals surface area contributed by atoms with Crippen LogP contribution in [0.2, 0.25) is 5.02 Å². The van der Waals surface area contributed by atoms with E-state index in [1.54, 1.807) is 18.3 Å². The van der Waals surface area contributed by atoms with Crippen LogP contribution in [0.25, 0.3) is 0 Å². The number of halogens is 1. The fourth-order valence-electron chi connectivity index (χ4n) is 1.43. The summed E-state index contributed by atoms with van der Waals surface area (Å²) in [4.78, 5) is 15.2. The standard InChI is InChI=1S/C12H17ClN2O2S/c1-8(2)15-10(12(16)17)5-7-18-11-9(13)4-3-6-14-11/h3-4,6,8,10,15H,5,7H2,1-2H3,(H,16,17). The van der Waals surface area contributed by atoms with Gasteiger partial charge in [-0.15, -0.1) is 11.8 Å². The van der Waals surface area contributed by atoms with Gasteiger partial charge in [-0.2, -0.15) is 0 Å². The molecule has 2 N–H and O–H groups in total. The summed E-state index contributed by atoms with van der Waals surface area (Å²) in [5, 5.41) is 13.4. The van der Waals surface area contributed by atoms with Crippen LogP contribution >= 0.6 is 23.4 Å². The van der Waals surface area contributed by atoms with Crippen molar-refractivity contribution in [2.75, 3.05) is 5.75 Å². The highest BCUT2D eigenvalue weighted by Gasteiger charge is 2.17. The van der Waals surface area contributed by atoms with Crippen LogP contribution < -0.4 is 5.32 Å². The van der Waals surface area contributed by atoms with Crippen molar-refractivity contribution in [3.8, 4) is 0 Å². The van der Waals surface area contributed by atoms with Crippen LogP contribution in [-0.2, 0) is 4.79 Å². The molecule has 0 aliphatic heterocycles. The van der Waals surface area contributed by atoms with E-state index in [2.05, 4.69) is 10.3 Å². The molecule has 1 atom stereocenters. The minimum absolute atomic E-state index is 0.148. The van der Waals surface area contributed by atoms with E-state index in [9.17, 15) is 4.79 Å². The summed E-state index contributed by atoms with van der Waals surface area (Å²) in [6.07, 6.45) is 2.21. The Balaban J connectivity index is 2.44. The molecular formula is C12H17ClN2O2S. The zero-order valence-electron chi connectivity index (χ0n) is 10.4. The van der Waals surface area contributed by atoms with E-state index in [-0.39, 0.29) is 6.04 Å². The van der Waals surface area contributed by atoms with Crippen LogP contribution in [0.15, 0.2) is 23.4 Å². The molecule has 1 aromatic heterocycles. The van der Waals surface area contributed by atoms with Gasteiger partial charge in [0.05, 0.1) is 5.02 Å². The maximum absolute atomic E-state index is 11.0. The van der Waals surface area contributed by atoms with Crippen molar-refractivity contribution in [1.29, 1.82) is 0 Å². The maximum Gasteiger partial charge on any atom is 0.320 e. The smallest absolute Gasteiger partial charge is 0.320 e. The van der Waals surface area contributed by atoms with Gasteiger partial charge in [0, 0.05) is 18.0 Å². The van der Waals surface area contributed by atoms with E-state index in [0.29, 0.717) is 17.2 Å². The van der Waals surface area contributed by atoms with Crippen LogP contribution in [0.1, 0.15) is 20.3 Å². The van der Waals surface area contributed by atoms with E-state index in [4.69, 9.17) is 16.7 Å². The summed E-state index contributed by atoms with van der Waals surface area (Å²) in [6, 6.07) is 3.17. The van der Waals surface area contributed by atoms with Gasteiger partial charge >= 0.3 is 5.97 Å². The minimum atomic E-state index is -0.823. The number of pyridine rings is 1. The number of rotatable bonds is 7. The first-order chi connectivity index (χ1) is 8.50. The van der Waals surface area contributed by atoms with Crippen molar-refractivity contribution >= 4 is 29.3 Å². The minimum Gasteiger partial charge on any atom is -0.480 e. The summed E-state index contributed by atoms with van der Waals surface area (Å²) >= 11 is 7.44. The second-order valence-corrected chi connectivity index (χ2v) is 5.63. The number of aromatic nitrogens is 1. The van der Waals surface area contributed by atoms with Gasteiger partial charge in [-0.05, 0) is 18.6 Å². The average molecular weight is 289 g/mol. The number of carbonyl (C=O) groups is 1. The maximum atomic E-state index is 11.0. The highest BCUT2D eigenvalue weighted by Crippen LogP contribution is 2.24. The number of hydrogen-bond donors (Lipinski definition) is 2. The molecule has 0 amide bonds. The van der Waals surface area contributed by atoms with E-state index < -0.39 is 12.0 Å². The third-order valence-electron chi connectivity index (χ3n) is 2.20. The Labute approximate surface area is 116 Å². The first-order valence-corrected chi connectivity index (χ1v) is 7.09. The number of nitrogens with one attached hydrogen (secondary N) is 1. The first-order valence-electron chi connectivity index (χ1n) is 5.73. The molecule has 0 aliphatic carbocycles. The van der Waals surface area contributed by atoms with Crippen molar-refractivity contribution in [2.45, 2.75) is 37.4 Å². The number of nitrogens with zero attached hydrogens (tertiary/aromatic N) is 1. The fourth-order valence-corrected chi connectivity index (χ4v) is 2.60. The molecule has 0 radical (unpaired) electrons.